The van der Waals surface area contributed by atoms with E-state index in [0.717, 1.165) is 4.90 Å². The van der Waals surface area contributed by atoms with Gasteiger partial charge in [-0.2, -0.15) is 0 Å². The van der Waals surface area contributed by atoms with Crippen molar-refractivity contribution in [3.63, 3.8) is 0 Å². The molecule has 0 saturated carbocycles. The van der Waals surface area contributed by atoms with Crippen LogP contribution in [0.4, 0.5) is 5.69 Å². The van der Waals surface area contributed by atoms with Gasteiger partial charge in [0, 0.05) is 23.2 Å². The van der Waals surface area contributed by atoms with Gasteiger partial charge < -0.3 is 15.6 Å². The molecule has 0 fully saturated rings. The quantitative estimate of drug-likeness (QED) is 0.335. The topological polar surface area (TPSA) is 104 Å². The lowest BCUT2D eigenvalue weighted by molar-refractivity contribution is 0.0962. The van der Waals surface area contributed by atoms with Gasteiger partial charge in [-0.05, 0) is 62.2 Å². The number of aryl methyl sites for hydroxylation is 3. The summed E-state index contributed by atoms with van der Waals surface area (Å²) in [6.07, 6.45) is 0. The Morgan fingerprint density at radius 3 is 2.50 bits per heavy atom. The first-order valence-electron chi connectivity index (χ1n) is 10.6. The zero-order valence-electron chi connectivity index (χ0n) is 19.2. The molecule has 0 spiro atoms. The Hall–Kier alpha value is -3.43. The lowest BCUT2D eigenvalue weighted by atomic mass is 10.2. The van der Waals surface area contributed by atoms with E-state index in [9.17, 15) is 14.4 Å². The number of thiophene rings is 1. The summed E-state index contributed by atoms with van der Waals surface area (Å²) in [5.74, 6) is 0.571. The first-order valence-corrected chi connectivity index (χ1v) is 12.4. The summed E-state index contributed by atoms with van der Waals surface area (Å²) in [7, 11) is 1.56. The molecular formula is C25H24N4O3S2. The first kappa shape index (κ1) is 23.7. The van der Waals surface area contributed by atoms with Gasteiger partial charge in [-0.3, -0.25) is 14.4 Å². The zero-order valence-corrected chi connectivity index (χ0v) is 20.9. The highest BCUT2D eigenvalue weighted by Crippen LogP contribution is 2.30. The van der Waals surface area contributed by atoms with E-state index in [1.165, 1.54) is 22.5 Å². The second kappa shape index (κ2) is 9.82. The van der Waals surface area contributed by atoms with Gasteiger partial charge in [-0.15, -0.1) is 23.1 Å². The maximum atomic E-state index is 12.9. The number of carbonyl (C=O) groups excluding carboxylic acids is 2. The predicted molar refractivity (Wildman–Crippen MR) is 138 cm³/mol. The van der Waals surface area contributed by atoms with Crippen LogP contribution in [0.3, 0.4) is 0 Å². The summed E-state index contributed by atoms with van der Waals surface area (Å²) in [6, 6.07) is 12.9. The van der Waals surface area contributed by atoms with E-state index in [2.05, 4.69) is 45.7 Å². The van der Waals surface area contributed by atoms with Gasteiger partial charge in [0.15, 0.2) is 0 Å². The predicted octanol–water partition coefficient (Wildman–Crippen LogP) is 4.81. The summed E-state index contributed by atoms with van der Waals surface area (Å²) in [6.45, 7) is 5.86. The van der Waals surface area contributed by atoms with Crippen molar-refractivity contribution < 1.29 is 9.59 Å². The molecule has 0 radical (unpaired) electrons. The molecule has 4 aromatic rings. The summed E-state index contributed by atoms with van der Waals surface area (Å²) >= 11 is 2.82. The molecule has 2 amide bonds. The molecule has 34 heavy (non-hydrogen) atoms. The number of carbonyl (C=O) groups is 2. The summed E-state index contributed by atoms with van der Waals surface area (Å²) in [4.78, 5) is 47.1. The molecule has 2 heterocycles. The van der Waals surface area contributed by atoms with Gasteiger partial charge in [-0.1, -0.05) is 17.7 Å². The fourth-order valence-electron chi connectivity index (χ4n) is 3.52. The van der Waals surface area contributed by atoms with Crippen LogP contribution >= 0.6 is 23.1 Å². The Morgan fingerprint density at radius 1 is 1.06 bits per heavy atom. The highest BCUT2D eigenvalue weighted by molar-refractivity contribution is 7.98. The second-order valence-corrected chi connectivity index (χ2v) is 9.93. The van der Waals surface area contributed by atoms with E-state index < -0.39 is 0 Å². The standard InChI is InChI=1S/C25H24N4O3S2/c1-13-5-6-14(2)18(11-13)33-12-19-28-23(31)20-15(3)21(34-25(20)29-19)24(32)27-17-9-7-16(8-10-17)22(30)26-4/h5-11H,12H2,1-4H3,(H,26,30)(H,27,32)(H,28,29,31). The van der Waals surface area contributed by atoms with E-state index >= 15 is 0 Å². The van der Waals surface area contributed by atoms with Gasteiger partial charge in [0.25, 0.3) is 17.4 Å². The molecule has 2 aromatic heterocycles. The summed E-state index contributed by atoms with van der Waals surface area (Å²) in [5.41, 5.74) is 3.76. The highest BCUT2D eigenvalue weighted by atomic mass is 32.2. The normalized spacial score (nSPS) is 10.9. The van der Waals surface area contributed by atoms with Gasteiger partial charge in [-0.25, -0.2) is 4.98 Å². The largest absolute Gasteiger partial charge is 0.355 e. The average Bonchev–Trinajstić information content (AvgIpc) is 3.16. The average molecular weight is 493 g/mol. The molecule has 3 N–H and O–H groups in total. The molecule has 0 atom stereocenters. The zero-order chi connectivity index (χ0) is 24.4. The molecule has 0 saturated heterocycles. The Balaban J connectivity index is 1.56. The minimum atomic E-state index is -0.320. The fraction of sp³-hybridized carbons (Fsp3) is 0.200. The first-order chi connectivity index (χ1) is 16.3. The van der Waals surface area contributed by atoms with Crippen LogP contribution in [0.2, 0.25) is 0 Å². The Kier molecular flexibility index (Phi) is 6.85. The minimum Gasteiger partial charge on any atom is -0.355 e. The van der Waals surface area contributed by atoms with Gasteiger partial charge in [0.2, 0.25) is 0 Å². The maximum Gasteiger partial charge on any atom is 0.266 e. The minimum absolute atomic E-state index is 0.199. The van der Waals surface area contributed by atoms with E-state index in [4.69, 9.17) is 0 Å². The van der Waals surface area contributed by atoms with E-state index in [1.807, 2.05) is 6.92 Å². The van der Waals surface area contributed by atoms with Crippen molar-refractivity contribution in [1.82, 2.24) is 15.3 Å². The number of benzene rings is 2. The van der Waals surface area contributed by atoms with Crippen molar-refractivity contribution in [2.24, 2.45) is 0 Å². The number of anilines is 1. The third kappa shape index (κ3) is 4.90. The molecule has 0 aliphatic carbocycles. The number of hydrogen-bond acceptors (Lipinski definition) is 6. The van der Waals surface area contributed by atoms with Crippen molar-refractivity contribution in [3.05, 3.63) is 85.8 Å². The van der Waals surface area contributed by atoms with Gasteiger partial charge in [0.05, 0.1) is 16.0 Å². The molecule has 0 aliphatic heterocycles. The number of rotatable bonds is 6. The molecule has 9 heteroatoms. The monoisotopic (exact) mass is 492 g/mol. The van der Waals surface area contributed by atoms with Crippen LogP contribution in [0.1, 0.15) is 42.5 Å². The van der Waals surface area contributed by atoms with Crippen molar-refractivity contribution in [2.45, 2.75) is 31.4 Å². The van der Waals surface area contributed by atoms with Crippen LogP contribution in [-0.4, -0.2) is 28.8 Å². The molecule has 0 bridgehead atoms. The van der Waals surface area contributed by atoms with Crippen molar-refractivity contribution >= 4 is 50.8 Å². The summed E-state index contributed by atoms with van der Waals surface area (Å²) in [5, 5.41) is 5.82. The van der Waals surface area contributed by atoms with Crippen LogP contribution < -0.4 is 16.2 Å². The third-order valence-electron chi connectivity index (χ3n) is 5.40. The van der Waals surface area contributed by atoms with Crippen molar-refractivity contribution in [3.8, 4) is 0 Å². The van der Waals surface area contributed by atoms with E-state index in [0.29, 0.717) is 43.5 Å². The van der Waals surface area contributed by atoms with Crippen LogP contribution in [0.25, 0.3) is 10.2 Å². The number of H-pyrrole nitrogens is 1. The maximum absolute atomic E-state index is 12.9. The molecule has 2 aromatic carbocycles. The number of nitrogens with zero attached hydrogens (tertiary/aromatic N) is 1. The van der Waals surface area contributed by atoms with Crippen LogP contribution in [0.15, 0.2) is 52.2 Å². The number of nitrogens with one attached hydrogen (secondary N) is 3. The van der Waals surface area contributed by atoms with Crippen LogP contribution in [0.5, 0.6) is 0 Å². The van der Waals surface area contributed by atoms with Crippen molar-refractivity contribution in [1.29, 1.82) is 0 Å². The smallest absolute Gasteiger partial charge is 0.266 e. The van der Waals surface area contributed by atoms with E-state index in [-0.39, 0.29) is 17.4 Å². The third-order valence-corrected chi connectivity index (χ3v) is 7.75. The molecule has 174 valence electrons. The van der Waals surface area contributed by atoms with E-state index in [1.54, 1.807) is 50.0 Å². The number of thioether (sulfide) groups is 1. The fourth-order valence-corrected chi connectivity index (χ4v) is 5.61. The SMILES string of the molecule is CNC(=O)c1ccc(NC(=O)c2sc3nc(CSc4cc(C)ccc4C)[nH]c(=O)c3c2C)cc1. The molecule has 4 rings (SSSR count). The molecule has 0 unspecified atom stereocenters. The Morgan fingerprint density at radius 2 is 1.79 bits per heavy atom. The lowest BCUT2D eigenvalue weighted by Crippen LogP contribution is -2.17. The summed E-state index contributed by atoms with van der Waals surface area (Å²) < 4.78 is 0. The Bertz CT molecular complexity index is 1460. The number of aromatic amines is 1. The second-order valence-electron chi connectivity index (χ2n) is 7.92. The highest BCUT2D eigenvalue weighted by Gasteiger charge is 2.20. The van der Waals surface area contributed by atoms with Crippen LogP contribution in [-0.2, 0) is 5.75 Å². The van der Waals surface area contributed by atoms with Crippen LogP contribution in [0, 0.1) is 20.8 Å². The Labute approximate surface area is 205 Å². The molecule has 0 aliphatic rings. The number of aromatic nitrogens is 2. The molecule has 7 nitrogen and oxygen atoms in total. The number of amides is 2. The number of fused-ring (bicyclic) bond motifs is 1. The van der Waals surface area contributed by atoms with Crippen molar-refractivity contribution in [2.75, 3.05) is 12.4 Å². The molecular weight excluding hydrogens is 468 g/mol. The van der Waals surface area contributed by atoms with Gasteiger partial charge >= 0.3 is 0 Å². The van der Waals surface area contributed by atoms with Gasteiger partial charge in [0.1, 0.15) is 10.7 Å². The lowest BCUT2D eigenvalue weighted by Gasteiger charge is -2.06. The number of hydrogen-bond donors (Lipinski definition) is 3.